The van der Waals surface area contributed by atoms with Gasteiger partial charge in [-0.25, -0.2) is 0 Å². The molecular formula is C131H88N2O2S. The maximum Gasteiger partial charge on any atom is 0.140 e. The molecule has 0 fully saturated rings. The number of hydrogen-bond acceptors (Lipinski definition) is 4. The molecule has 0 amide bonds. The van der Waals surface area contributed by atoms with E-state index < -0.39 is 0 Å². The minimum atomic E-state index is -0.0350. The summed E-state index contributed by atoms with van der Waals surface area (Å²) in [5.74, 6) is 3.96. The molecule has 3 aliphatic rings. The molecule has 136 heavy (non-hydrogen) atoms. The van der Waals surface area contributed by atoms with Crippen molar-refractivity contribution < 1.29 is 9.47 Å². The minimum absolute atomic E-state index is 0.0350. The Bertz CT molecular complexity index is 8580. The van der Waals surface area contributed by atoms with Gasteiger partial charge in [0, 0.05) is 94.1 Å². The maximum absolute atomic E-state index is 6.85. The Hall–Kier alpha value is -17.1. The van der Waals surface area contributed by atoms with E-state index in [1.165, 1.54) is 186 Å². The normalized spacial score (nSPS) is 13.8. The average Bonchev–Trinajstić information content (AvgIpc) is 1.10. The molecule has 1 aromatic heterocycles. The number of rotatable bonds is 12. The Morgan fingerprint density at radius 2 is 0.559 bits per heavy atom. The average molecular weight is 1750 g/mol. The SMILES string of the molecule is c1ccc(-c2ccc(-c3ccc(C4c5ccccc5Sc5ccc6ccccc6c54)cc3)cc2)cc1.c1ccc(-c2ccc(N(c3ccc(-c4ccccc4)cc3)c3cccc(C4c5ccccc5Oc5c4c4ccccc4c4ccccc54)c3)cc2)cc1.c1ccc(-n2c3ccccc3c3ccc(-c4ccc(C5c6ccccc6Oc6c5c5ccccc5c5ccccc65)cc4)cc32)cc1. The van der Waals surface area contributed by atoms with Gasteiger partial charge in [0.05, 0.1) is 11.0 Å². The maximum atomic E-state index is 6.85. The second-order valence-corrected chi connectivity index (χ2v) is 36.5. The highest BCUT2D eigenvalue weighted by atomic mass is 32.2. The van der Waals surface area contributed by atoms with E-state index in [0.29, 0.717) is 0 Å². The van der Waals surface area contributed by atoms with E-state index in [1.807, 2.05) is 11.8 Å². The van der Waals surface area contributed by atoms with Gasteiger partial charge in [-0.15, -0.1) is 0 Å². The molecule has 0 aliphatic carbocycles. The molecule has 640 valence electrons. The molecule has 23 aromatic carbocycles. The monoisotopic (exact) mass is 1750 g/mol. The van der Waals surface area contributed by atoms with Gasteiger partial charge in [0.2, 0.25) is 0 Å². The highest BCUT2D eigenvalue weighted by Crippen LogP contribution is 2.58. The van der Waals surface area contributed by atoms with Crippen LogP contribution < -0.4 is 14.4 Å². The fraction of sp³-hybridized carbons (Fsp3) is 0.0229. The molecule has 5 heteroatoms. The summed E-state index contributed by atoms with van der Waals surface area (Å²) in [6.45, 7) is 0. The fourth-order valence-electron chi connectivity index (χ4n) is 21.4. The molecule has 0 saturated heterocycles. The molecule has 3 unspecified atom stereocenters. The minimum Gasteiger partial charge on any atom is -0.456 e. The van der Waals surface area contributed by atoms with Gasteiger partial charge >= 0.3 is 0 Å². The molecule has 3 atom stereocenters. The van der Waals surface area contributed by atoms with Crippen LogP contribution in [0.1, 0.15) is 67.8 Å². The summed E-state index contributed by atoms with van der Waals surface area (Å²) in [5.41, 5.74) is 30.5. The molecular weight excluding hydrogens is 1670 g/mol. The van der Waals surface area contributed by atoms with E-state index in [4.69, 9.17) is 9.47 Å². The van der Waals surface area contributed by atoms with Crippen molar-refractivity contribution in [3.63, 3.8) is 0 Å². The zero-order chi connectivity index (χ0) is 89.9. The summed E-state index contributed by atoms with van der Waals surface area (Å²) in [5, 5.41) is 14.9. The number of aromatic nitrogens is 1. The first-order valence-corrected chi connectivity index (χ1v) is 47.6. The lowest BCUT2D eigenvalue weighted by Gasteiger charge is -2.32. The highest BCUT2D eigenvalue weighted by molar-refractivity contribution is 7.99. The van der Waals surface area contributed by atoms with Crippen molar-refractivity contribution in [1.29, 1.82) is 0 Å². The van der Waals surface area contributed by atoms with Gasteiger partial charge in [-0.05, 0) is 211 Å². The van der Waals surface area contributed by atoms with Gasteiger partial charge in [-0.3, -0.25) is 0 Å². The zero-order valence-electron chi connectivity index (χ0n) is 74.4. The van der Waals surface area contributed by atoms with Gasteiger partial charge in [0.15, 0.2) is 0 Å². The van der Waals surface area contributed by atoms with Crippen LogP contribution in [0.5, 0.6) is 23.0 Å². The highest BCUT2D eigenvalue weighted by Gasteiger charge is 2.36. The Balaban J connectivity index is 0.000000111. The standard InChI is InChI=1S/C51H35NO.C45H29NO.C35H24S/c1-3-14-35(15-4-1)37-26-30-40(31-27-37)52(41-32-28-38(29-33-41)36-16-5-2-6-17-36)42-19-13-18-39(34-42)49-47-24-11-12-25-48(47)53-51-46-23-10-8-21-44(46)43-20-7-9-22-45(43)50(49)51;1-2-12-32(13-3-1)46-40-20-10-8-16-35(40)36-27-26-31(28-41(36)46)29-22-24-30(25-23-29)43-39-19-9-11-21-42(39)47-45-38-18-7-5-15-34(38)33-14-4-6-17-37(33)44(43)45;1-2-8-24(9-3-1)25-14-16-26(17-15-25)27-18-20-29(21-19-27)34-31-12-6-7-13-32(31)36-33-23-22-28-10-4-5-11-30(28)35(33)34/h1-34,49H;1-28,43H;1-23,34H. The van der Waals surface area contributed by atoms with Crippen molar-refractivity contribution in [2.45, 2.75) is 27.5 Å². The van der Waals surface area contributed by atoms with E-state index in [9.17, 15) is 0 Å². The number of ether oxygens (including phenoxy) is 2. The molecule has 0 spiro atoms. The van der Waals surface area contributed by atoms with Crippen LogP contribution in [0, 0.1) is 0 Å². The van der Waals surface area contributed by atoms with Crippen LogP contribution >= 0.6 is 11.8 Å². The predicted octanol–water partition coefficient (Wildman–Crippen LogP) is 35.9. The van der Waals surface area contributed by atoms with Crippen LogP contribution in [0.4, 0.5) is 17.1 Å². The first-order valence-electron chi connectivity index (χ1n) is 46.8. The Morgan fingerprint density at radius 1 is 0.199 bits per heavy atom. The third kappa shape index (κ3) is 14.6. The molecule has 0 bridgehead atoms. The summed E-state index contributed by atoms with van der Waals surface area (Å²) >= 11 is 1.90. The van der Waals surface area contributed by atoms with E-state index in [0.717, 1.165) is 50.8 Å². The van der Waals surface area contributed by atoms with Crippen molar-refractivity contribution in [3.8, 4) is 84.3 Å². The van der Waals surface area contributed by atoms with E-state index in [1.54, 1.807) is 0 Å². The number of para-hydroxylation sites is 4. The van der Waals surface area contributed by atoms with Crippen molar-refractivity contribution in [3.05, 3.63) is 566 Å². The van der Waals surface area contributed by atoms with Gasteiger partial charge in [0.1, 0.15) is 23.0 Å². The van der Waals surface area contributed by atoms with Gasteiger partial charge in [0.25, 0.3) is 0 Å². The topological polar surface area (TPSA) is 26.6 Å². The van der Waals surface area contributed by atoms with Crippen LogP contribution in [-0.2, 0) is 0 Å². The second-order valence-electron chi connectivity index (χ2n) is 35.4. The largest absolute Gasteiger partial charge is 0.456 e. The first-order chi connectivity index (χ1) is 67.5. The summed E-state index contributed by atoms with van der Waals surface area (Å²) in [6.07, 6.45) is 0. The third-order valence-electron chi connectivity index (χ3n) is 27.7. The smallest absolute Gasteiger partial charge is 0.140 e. The van der Waals surface area contributed by atoms with Crippen molar-refractivity contribution in [2.24, 2.45) is 0 Å². The lowest BCUT2D eigenvalue weighted by atomic mass is 9.78. The van der Waals surface area contributed by atoms with E-state index in [-0.39, 0.29) is 17.8 Å². The number of fused-ring (bicyclic) bond motifs is 21. The number of benzene rings is 23. The first kappa shape index (κ1) is 80.9. The van der Waals surface area contributed by atoms with Crippen LogP contribution in [-0.4, -0.2) is 4.57 Å². The van der Waals surface area contributed by atoms with E-state index >= 15 is 0 Å². The van der Waals surface area contributed by atoms with Crippen LogP contribution in [0.25, 0.3) is 137 Å². The molecule has 24 aromatic rings. The molecule has 3 aliphatic heterocycles. The molecule has 0 saturated carbocycles. The zero-order valence-corrected chi connectivity index (χ0v) is 75.2. The summed E-state index contributed by atoms with van der Waals surface area (Å²) < 4.78 is 16.0. The van der Waals surface area contributed by atoms with Crippen molar-refractivity contribution in [2.75, 3.05) is 4.90 Å². The van der Waals surface area contributed by atoms with Crippen molar-refractivity contribution >= 4 is 104 Å². The lowest BCUT2D eigenvalue weighted by Crippen LogP contribution is -2.14. The van der Waals surface area contributed by atoms with Gasteiger partial charge in [-0.2, -0.15) is 0 Å². The van der Waals surface area contributed by atoms with Gasteiger partial charge in [-0.1, -0.05) is 442 Å². The number of nitrogens with zero attached hydrogens (tertiary/aromatic N) is 2. The number of hydrogen-bond donors (Lipinski definition) is 0. The predicted molar refractivity (Wildman–Crippen MR) is 569 cm³/mol. The van der Waals surface area contributed by atoms with Crippen LogP contribution in [0.3, 0.4) is 0 Å². The quantitative estimate of drug-likeness (QED) is 0.114. The van der Waals surface area contributed by atoms with E-state index in [2.05, 4.69) is 525 Å². The fourth-order valence-corrected chi connectivity index (χ4v) is 22.6. The third-order valence-corrected chi connectivity index (χ3v) is 28.9. The Kier molecular flexibility index (Phi) is 20.8. The van der Waals surface area contributed by atoms with Crippen molar-refractivity contribution in [1.82, 2.24) is 4.57 Å². The van der Waals surface area contributed by atoms with Crippen LogP contribution in [0.2, 0.25) is 0 Å². The van der Waals surface area contributed by atoms with Crippen LogP contribution in [0.15, 0.2) is 525 Å². The molecule has 27 rings (SSSR count). The molecule has 0 radical (unpaired) electrons. The Morgan fingerprint density at radius 3 is 1.07 bits per heavy atom. The molecule has 4 heterocycles. The molecule has 4 nitrogen and oxygen atoms in total. The summed E-state index contributed by atoms with van der Waals surface area (Å²) in [4.78, 5) is 5.08. The second kappa shape index (κ2) is 34.9. The van der Waals surface area contributed by atoms with Gasteiger partial charge < -0.3 is 18.9 Å². The Labute approximate surface area is 795 Å². The lowest BCUT2D eigenvalue weighted by molar-refractivity contribution is 0.460. The molecule has 0 N–H and O–H groups in total. The number of anilines is 3. The summed E-state index contributed by atoms with van der Waals surface area (Å²) in [6, 6.07) is 186. The summed E-state index contributed by atoms with van der Waals surface area (Å²) in [7, 11) is 0.